The van der Waals surface area contributed by atoms with Crippen LogP contribution >= 0.6 is 0 Å². The number of aliphatic hydroxyl groups is 1. The van der Waals surface area contributed by atoms with E-state index in [-0.39, 0.29) is 0 Å². The Bertz CT molecular complexity index is 1300. The summed E-state index contributed by atoms with van der Waals surface area (Å²) in [6, 6.07) is 4.25. The van der Waals surface area contributed by atoms with Gasteiger partial charge in [0.1, 0.15) is 32.2 Å². The van der Waals surface area contributed by atoms with Crippen LogP contribution in [0.3, 0.4) is 0 Å². The molecule has 350 valence electrons. The first-order valence-corrected chi connectivity index (χ1v) is 24.1. The predicted octanol–water partition coefficient (Wildman–Crippen LogP) is 16.6. The van der Waals surface area contributed by atoms with E-state index in [2.05, 4.69) is 67.5 Å². The minimum absolute atomic E-state index is 0.322. The summed E-state index contributed by atoms with van der Waals surface area (Å²) >= 11 is 0. The van der Waals surface area contributed by atoms with Gasteiger partial charge >= 0.3 is 0 Å². The van der Waals surface area contributed by atoms with E-state index in [1.54, 1.807) is 0 Å². The molecule has 59 heavy (non-hydrogen) atoms. The molecule has 2 aliphatic carbocycles. The molecule has 0 aromatic heterocycles. The molecule has 0 spiro atoms. The number of hydrogen-bond acceptors (Lipinski definition) is 6. The average molecular weight is 835 g/mol. The van der Waals surface area contributed by atoms with Crippen LogP contribution in [0.5, 0.6) is 23.0 Å². The molecule has 0 saturated heterocycles. The van der Waals surface area contributed by atoms with Crippen molar-refractivity contribution in [2.45, 2.75) is 230 Å². The van der Waals surface area contributed by atoms with Gasteiger partial charge in [-0.1, -0.05) is 151 Å². The minimum atomic E-state index is -0.780. The molecule has 2 saturated carbocycles. The fraction of sp³-hybridized carbons (Fsp3) is 0.755. The number of aryl methyl sites for hydroxylation is 4. The number of hydrogen-bond donors (Lipinski definition) is 1. The molecule has 6 nitrogen and oxygen atoms in total. The first-order chi connectivity index (χ1) is 28.1. The normalized spacial score (nSPS) is 16.1. The quantitative estimate of drug-likeness (QED) is 0.308. The van der Waals surface area contributed by atoms with E-state index < -0.39 is 5.60 Å². The van der Waals surface area contributed by atoms with Gasteiger partial charge in [-0.05, 0) is 112 Å². The number of rotatable bonds is 1. The van der Waals surface area contributed by atoms with Crippen molar-refractivity contribution in [3.8, 4) is 23.0 Å². The highest BCUT2D eigenvalue weighted by Crippen LogP contribution is 2.51. The van der Waals surface area contributed by atoms with E-state index in [1.165, 1.54) is 11.1 Å². The number of carbonyl (C=O) groups excluding carboxylic acids is 1. The van der Waals surface area contributed by atoms with Crippen LogP contribution < -0.4 is 18.9 Å². The van der Waals surface area contributed by atoms with E-state index in [1.807, 2.05) is 118 Å². The minimum Gasteiger partial charge on any atom is -0.486 e. The Morgan fingerprint density at radius 3 is 1.10 bits per heavy atom. The van der Waals surface area contributed by atoms with Gasteiger partial charge < -0.3 is 24.1 Å². The maximum absolute atomic E-state index is 11.3. The van der Waals surface area contributed by atoms with Crippen LogP contribution in [-0.2, 0) is 10.4 Å². The van der Waals surface area contributed by atoms with Crippen molar-refractivity contribution in [3.63, 3.8) is 0 Å². The molecule has 2 aromatic rings. The van der Waals surface area contributed by atoms with Crippen molar-refractivity contribution in [1.82, 2.24) is 0 Å². The fourth-order valence-electron chi connectivity index (χ4n) is 6.58. The van der Waals surface area contributed by atoms with E-state index in [4.69, 9.17) is 18.9 Å². The van der Waals surface area contributed by atoms with Gasteiger partial charge in [0.15, 0.2) is 23.0 Å². The average Bonchev–Trinajstić information content (AvgIpc) is 3.28. The number of fused-ring (bicyclic) bond motifs is 2. The molecule has 2 aliphatic heterocycles. The third-order valence-electron chi connectivity index (χ3n) is 9.76. The monoisotopic (exact) mass is 835 g/mol. The lowest BCUT2D eigenvalue weighted by molar-refractivity contribution is -0.121. The van der Waals surface area contributed by atoms with Gasteiger partial charge in [0.25, 0.3) is 0 Å². The zero-order chi connectivity index (χ0) is 47.6. The summed E-state index contributed by atoms with van der Waals surface area (Å²) in [4.78, 5) is 10.8. The summed E-state index contributed by atoms with van der Waals surface area (Å²) in [6.45, 7) is 53.8. The Morgan fingerprint density at radius 1 is 0.424 bits per heavy atom. The molecular weight excluding hydrogens is 733 g/mol. The lowest BCUT2D eigenvalue weighted by Crippen LogP contribution is -2.36. The van der Waals surface area contributed by atoms with Crippen molar-refractivity contribution in [2.75, 3.05) is 26.4 Å². The smallest absolute Gasteiger partial charge is 0.167 e. The number of ketones is 1. The van der Waals surface area contributed by atoms with Crippen LogP contribution in [0, 0.1) is 45.4 Å². The zero-order valence-electron chi connectivity index (χ0n) is 44.1. The van der Waals surface area contributed by atoms with E-state index in [0.29, 0.717) is 43.0 Å². The first kappa shape index (κ1) is 65.4. The summed E-state index contributed by atoms with van der Waals surface area (Å²) in [7, 11) is 0. The van der Waals surface area contributed by atoms with E-state index >= 15 is 0 Å². The second kappa shape index (κ2) is 37.1. The van der Waals surface area contributed by atoms with Crippen LogP contribution in [-0.4, -0.2) is 37.3 Å². The molecule has 0 radical (unpaired) electrons. The second-order valence-corrected chi connectivity index (χ2v) is 14.6. The van der Waals surface area contributed by atoms with Crippen LogP contribution in [0.4, 0.5) is 0 Å². The molecule has 0 unspecified atom stereocenters. The Hall–Kier alpha value is -2.73. The fourth-order valence-corrected chi connectivity index (χ4v) is 6.58. The molecule has 4 aliphatic rings. The molecule has 6 rings (SSSR count). The summed E-state index contributed by atoms with van der Waals surface area (Å²) in [5, 5.41) is 11.3. The zero-order valence-corrected chi connectivity index (χ0v) is 44.1. The van der Waals surface area contributed by atoms with Crippen molar-refractivity contribution in [3.05, 3.63) is 45.5 Å². The predicted molar refractivity (Wildman–Crippen MR) is 263 cm³/mol. The topological polar surface area (TPSA) is 74.2 Å². The Balaban J connectivity index is -0.000000221. The summed E-state index contributed by atoms with van der Waals surface area (Å²) in [6.07, 6.45) is 7.45. The Kier molecular flexibility index (Phi) is 41.1. The van der Waals surface area contributed by atoms with Gasteiger partial charge in [-0.25, -0.2) is 0 Å². The number of ether oxygens (including phenoxy) is 4. The number of Topliss-reactive ketones (excluding diaryl/α,β-unsaturated/α-hetero) is 1. The number of benzene rings is 2. The summed E-state index contributed by atoms with van der Waals surface area (Å²) in [5.74, 6) is 3.91. The standard InChI is InChI=1S/C18H26O3.C11H14O2.C8H14O.8C2H6/c1-12-11-13(2)15-16(21-10-9-20-15)14(12)18(19)7-5-17(3,4)6-8-18;1-7-6-8(2)10-11(9(7)3)13-5-4-12-10;1-8(2)5-3-7(9)4-6-8;8*1-2/h11,19H,5-10H2,1-4H3;6H,4-5H2,1-3H3;3-6H2,1-2H3;8*1-2H3. The van der Waals surface area contributed by atoms with Gasteiger partial charge in [0.05, 0.1) is 5.60 Å². The first-order valence-electron chi connectivity index (χ1n) is 24.1. The highest BCUT2D eigenvalue weighted by molar-refractivity contribution is 5.79. The largest absolute Gasteiger partial charge is 0.486 e. The molecule has 2 heterocycles. The highest BCUT2D eigenvalue weighted by atomic mass is 16.6. The molecule has 2 fully saturated rings. The SMILES string of the molecule is CC.CC.CC.CC.CC.CC.CC.CC.CC1(C)CCC(=O)CC1.Cc1cc(C)c(C2(O)CCC(C)(C)CC2)c2c1OCCO2.Cc1cc(C)c2c(c1C)OCCO2. The third kappa shape index (κ3) is 22.6. The molecule has 0 amide bonds. The van der Waals surface area contributed by atoms with Crippen LogP contribution in [0.25, 0.3) is 0 Å². The molecular formula is C53H102O6. The van der Waals surface area contributed by atoms with E-state index in [0.717, 1.165) is 96.6 Å². The summed E-state index contributed by atoms with van der Waals surface area (Å²) < 4.78 is 22.8. The molecule has 0 bridgehead atoms. The molecule has 1 N–H and O–H groups in total. The molecule has 2 aromatic carbocycles. The number of carbonyl (C=O) groups is 1. The Morgan fingerprint density at radius 2 is 0.729 bits per heavy atom. The van der Waals surface area contributed by atoms with Crippen molar-refractivity contribution in [1.29, 1.82) is 0 Å². The van der Waals surface area contributed by atoms with E-state index in [9.17, 15) is 9.90 Å². The highest BCUT2D eigenvalue weighted by Gasteiger charge is 2.42. The molecule has 0 atom stereocenters. The van der Waals surface area contributed by atoms with Crippen LogP contribution in [0.2, 0.25) is 0 Å². The maximum atomic E-state index is 11.3. The van der Waals surface area contributed by atoms with Crippen LogP contribution in [0.1, 0.15) is 223 Å². The van der Waals surface area contributed by atoms with Gasteiger partial charge in [0.2, 0.25) is 0 Å². The van der Waals surface area contributed by atoms with Crippen molar-refractivity contribution < 1.29 is 28.8 Å². The molecule has 6 heteroatoms. The van der Waals surface area contributed by atoms with Crippen LogP contribution in [0.15, 0.2) is 12.1 Å². The third-order valence-corrected chi connectivity index (χ3v) is 9.76. The maximum Gasteiger partial charge on any atom is 0.167 e. The van der Waals surface area contributed by atoms with Crippen molar-refractivity contribution in [2.24, 2.45) is 10.8 Å². The second-order valence-electron chi connectivity index (χ2n) is 14.6. The van der Waals surface area contributed by atoms with Gasteiger partial charge in [0, 0.05) is 18.4 Å². The Labute approximate surface area is 369 Å². The van der Waals surface area contributed by atoms with Crippen molar-refractivity contribution >= 4 is 5.78 Å². The summed E-state index contributed by atoms with van der Waals surface area (Å²) in [5.41, 5.74) is 6.76. The van der Waals surface area contributed by atoms with Gasteiger partial charge in [-0.3, -0.25) is 4.79 Å². The lowest BCUT2D eigenvalue weighted by Gasteiger charge is -2.42. The van der Waals surface area contributed by atoms with Gasteiger partial charge in [-0.15, -0.1) is 0 Å². The lowest BCUT2D eigenvalue weighted by atomic mass is 9.68. The van der Waals surface area contributed by atoms with Gasteiger partial charge in [-0.2, -0.15) is 0 Å².